The van der Waals surface area contributed by atoms with Crippen molar-refractivity contribution in [2.24, 2.45) is 5.92 Å². The molecule has 6 nitrogen and oxygen atoms in total. The zero-order chi connectivity index (χ0) is 17.7. The van der Waals surface area contributed by atoms with Gasteiger partial charge in [-0.3, -0.25) is 19.1 Å². The predicted molar refractivity (Wildman–Crippen MR) is 93.2 cm³/mol. The Labute approximate surface area is 144 Å². The van der Waals surface area contributed by atoms with Crippen LogP contribution in [0.1, 0.15) is 41.7 Å². The molecule has 0 aliphatic carbocycles. The van der Waals surface area contributed by atoms with Crippen LogP contribution in [-0.2, 0) is 4.74 Å². The number of rotatable bonds is 3. The van der Waals surface area contributed by atoms with E-state index >= 15 is 0 Å². The van der Waals surface area contributed by atoms with Crippen molar-refractivity contribution in [3.8, 4) is 5.69 Å². The lowest BCUT2D eigenvalue weighted by Crippen LogP contribution is -2.21. The number of nitrogens with zero attached hydrogens (tertiary/aromatic N) is 3. The van der Waals surface area contributed by atoms with Crippen molar-refractivity contribution < 1.29 is 9.53 Å². The molecule has 0 spiro atoms. The van der Waals surface area contributed by atoms with Crippen molar-refractivity contribution in [2.45, 2.75) is 20.0 Å². The van der Waals surface area contributed by atoms with E-state index in [-0.39, 0.29) is 29.2 Å². The lowest BCUT2D eigenvalue weighted by Gasteiger charge is -2.20. The number of aromatic nitrogens is 3. The summed E-state index contributed by atoms with van der Waals surface area (Å²) in [5.74, 6) is 0.164. The molecule has 1 atom stereocenters. The van der Waals surface area contributed by atoms with Crippen molar-refractivity contribution in [3.05, 3.63) is 64.0 Å². The van der Waals surface area contributed by atoms with Crippen molar-refractivity contribution in [3.63, 3.8) is 0 Å². The summed E-state index contributed by atoms with van der Waals surface area (Å²) in [7, 11) is 1.65. The first kappa shape index (κ1) is 15.7. The molecule has 0 saturated heterocycles. The zero-order valence-electron chi connectivity index (χ0n) is 14.2. The molecule has 25 heavy (non-hydrogen) atoms. The van der Waals surface area contributed by atoms with Gasteiger partial charge < -0.3 is 4.74 Å². The molecular weight excluding hydrogens is 318 g/mol. The van der Waals surface area contributed by atoms with Crippen LogP contribution in [0.5, 0.6) is 0 Å². The van der Waals surface area contributed by atoms with E-state index in [1.165, 1.54) is 10.8 Å². The van der Waals surface area contributed by atoms with Crippen LogP contribution >= 0.6 is 0 Å². The molecule has 4 rings (SSSR count). The summed E-state index contributed by atoms with van der Waals surface area (Å²) in [6, 6.07) is 7.13. The Morgan fingerprint density at radius 2 is 1.96 bits per heavy atom. The summed E-state index contributed by atoms with van der Waals surface area (Å²) in [6.45, 7) is 4.12. The maximum atomic E-state index is 12.8. The maximum absolute atomic E-state index is 12.8. The Hall–Kier alpha value is -2.86. The minimum absolute atomic E-state index is 0.116. The van der Waals surface area contributed by atoms with Gasteiger partial charge in [-0.1, -0.05) is 19.9 Å². The number of methoxy groups -OCH3 is 1. The number of carbonyl (C=O) groups excluding carboxylic acids is 1. The number of pyridine rings is 1. The Bertz CT molecular complexity index is 1070. The quantitative estimate of drug-likeness (QED) is 0.575. The summed E-state index contributed by atoms with van der Waals surface area (Å²) in [5.41, 5.74) is 2.15. The van der Waals surface area contributed by atoms with Crippen LogP contribution in [-0.4, -0.2) is 27.4 Å². The van der Waals surface area contributed by atoms with E-state index in [0.717, 1.165) is 5.56 Å². The smallest absolute Gasteiger partial charge is 0.267 e. The molecule has 1 aliphatic rings. The average molecular weight is 335 g/mol. The Morgan fingerprint density at radius 1 is 1.16 bits per heavy atom. The predicted octanol–water partition coefficient (Wildman–Crippen LogP) is 2.67. The van der Waals surface area contributed by atoms with Crippen LogP contribution < -0.4 is 5.56 Å². The van der Waals surface area contributed by atoms with Gasteiger partial charge in [0.1, 0.15) is 0 Å². The lowest BCUT2D eigenvalue weighted by atomic mass is 9.96. The Morgan fingerprint density at radius 3 is 2.68 bits per heavy atom. The number of fused-ring (bicyclic) bond motifs is 4. The first-order valence-corrected chi connectivity index (χ1v) is 8.11. The van der Waals surface area contributed by atoms with Crippen LogP contribution in [0.3, 0.4) is 0 Å². The second-order valence-corrected chi connectivity index (χ2v) is 6.47. The standard InChI is InChI=1S/C19H17N3O3/c1-10(2)17(25-3)11-4-5-15-12(8-11)16(23)18-21-14-6-7-20-9-13(14)19(24)22(15)18/h4-10,17H,1-3H3. The van der Waals surface area contributed by atoms with Crippen LogP contribution in [0, 0.1) is 5.92 Å². The van der Waals surface area contributed by atoms with Gasteiger partial charge in [0.2, 0.25) is 5.78 Å². The third kappa shape index (κ3) is 2.21. The van der Waals surface area contributed by atoms with E-state index in [2.05, 4.69) is 23.8 Å². The third-order valence-electron chi connectivity index (χ3n) is 4.57. The molecule has 0 N–H and O–H groups in total. The SMILES string of the molecule is COC(c1ccc2c(c1)C(=O)c1nc3ccncc3c(=O)n1-2)C(C)C. The summed E-state index contributed by atoms with van der Waals surface area (Å²) >= 11 is 0. The van der Waals surface area contributed by atoms with E-state index in [4.69, 9.17) is 4.74 Å². The molecule has 1 aromatic carbocycles. The third-order valence-corrected chi connectivity index (χ3v) is 4.57. The molecule has 3 aromatic rings. The fourth-order valence-corrected chi connectivity index (χ4v) is 3.43. The molecule has 6 heteroatoms. The molecule has 0 bridgehead atoms. The zero-order valence-corrected chi connectivity index (χ0v) is 14.2. The summed E-state index contributed by atoms with van der Waals surface area (Å²) in [6.07, 6.45) is 2.92. The number of carbonyl (C=O) groups is 1. The lowest BCUT2D eigenvalue weighted by molar-refractivity contribution is 0.0646. The van der Waals surface area contributed by atoms with Crippen molar-refractivity contribution in [1.29, 1.82) is 0 Å². The highest BCUT2D eigenvalue weighted by atomic mass is 16.5. The van der Waals surface area contributed by atoms with Gasteiger partial charge in [0.05, 0.1) is 28.3 Å². The molecule has 0 saturated carbocycles. The van der Waals surface area contributed by atoms with Crippen molar-refractivity contribution in [2.75, 3.05) is 7.11 Å². The van der Waals surface area contributed by atoms with Crippen LogP contribution in [0.2, 0.25) is 0 Å². The number of ketones is 1. The second-order valence-electron chi connectivity index (χ2n) is 6.47. The molecule has 126 valence electrons. The monoisotopic (exact) mass is 335 g/mol. The van der Waals surface area contributed by atoms with Gasteiger partial charge in [-0.15, -0.1) is 0 Å². The highest BCUT2D eigenvalue weighted by Gasteiger charge is 2.31. The number of hydrogen-bond donors (Lipinski definition) is 0. The number of hydrogen-bond acceptors (Lipinski definition) is 5. The van der Waals surface area contributed by atoms with E-state index in [0.29, 0.717) is 22.2 Å². The van der Waals surface area contributed by atoms with Gasteiger partial charge in [-0.25, -0.2) is 4.98 Å². The number of ether oxygens (including phenoxy) is 1. The average Bonchev–Trinajstić information content (AvgIpc) is 2.88. The minimum atomic E-state index is -0.278. The highest BCUT2D eigenvalue weighted by molar-refractivity contribution is 6.13. The van der Waals surface area contributed by atoms with E-state index in [1.807, 2.05) is 12.1 Å². The van der Waals surface area contributed by atoms with Crippen LogP contribution in [0.4, 0.5) is 0 Å². The fourth-order valence-electron chi connectivity index (χ4n) is 3.43. The topological polar surface area (TPSA) is 74.1 Å². The second kappa shape index (κ2) is 5.60. The van der Waals surface area contributed by atoms with Crippen molar-refractivity contribution in [1.82, 2.24) is 14.5 Å². The molecular formula is C19H17N3O3. The van der Waals surface area contributed by atoms with Crippen molar-refractivity contribution >= 4 is 16.7 Å². The van der Waals surface area contributed by atoms with Crippen LogP contribution in [0.25, 0.3) is 16.6 Å². The first-order valence-electron chi connectivity index (χ1n) is 8.11. The fraction of sp³-hybridized carbons (Fsp3) is 0.263. The number of benzene rings is 1. The van der Waals surface area contributed by atoms with Gasteiger partial charge in [0.15, 0.2) is 5.82 Å². The Kier molecular flexibility index (Phi) is 3.51. The normalized spacial score (nSPS) is 14.0. The van der Waals surface area contributed by atoms with E-state index in [9.17, 15) is 9.59 Å². The molecule has 1 unspecified atom stereocenters. The highest BCUT2D eigenvalue weighted by Crippen LogP contribution is 2.32. The van der Waals surface area contributed by atoms with Crippen LogP contribution in [0.15, 0.2) is 41.5 Å². The molecule has 0 radical (unpaired) electrons. The van der Waals surface area contributed by atoms with Gasteiger partial charge >= 0.3 is 0 Å². The molecule has 0 amide bonds. The van der Waals surface area contributed by atoms with Gasteiger partial charge in [-0.2, -0.15) is 0 Å². The largest absolute Gasteiger partial charge is 0.376 e. The molecule has 3 heterocycles. The summed E-state index contributed by atoms with van der Waals surface area (Å²) in [4.78, 5) is 34.0. The van der Waals surface area contributed by atoms with E-state index < -0.39 is 0 Å². The molecule has 0 fully saturated rings. The molecule has 2 aromatic heterocycles. The Balaban J connectivity index is 1.95. The van der Waals surface area contributed by atoms with Gasteiger partial charge in [0, 0.05) is 19.5 Å². The summed E-state index contributed by atoms with van der Waals surface area (Å²) < 4.78 is 6.93. The van der Waals surface area contributed by atoms with Gasteiger partial charge in [-0.05, 0) is 29.7 Å². The van der Waals surface area contributed by atoms with E-state index in [1.54, 1.807) is 25.4 Å². The minimum Gasteiger partial charge on any atom is -0.376 e. The van der Waals surface area contributed by atoms with Gasteiger partial charge in [0.25, 0.3) is 5.56 Å². The first-order chi connectivity index (χ1) is 12.0. The maximum Gasteiger partial charge on any atom is 0.267 e. The summed E-state index contributed by atoms with van der Waals surface area (Å²) in [5, 5.41) is 0.396. The molecule has 1 aliphatic heterocycles.